The monoisotopic (exact) mass is 312 g/mol. The zero-order chi connectivity index (χ0) is 16.6. The molecular weight excluding hydrogens is 292 g/mol. The third-order valence-electron chi connectivity index (χ3n) is 3.72. The van der Waals surface area contributed by atoms with Crippen molar-refractivity contribution in [3.63, 3.8) is 0 Å². The molecule has 2 aromatic heterocycles. The van der Waals surface area contributed by atoms with Crippen LogP contribution < -0.4 is 9.47 Å². The highest BCUT2D eigenvalue weighted by atomic mass is 16.5. The topological polar surface area (TPSA) is 62.1 Å². The van der Waals surface area contributed by atoms with Gasteiger partial charge in [-0.1, -0.05) is 13.8 Å². The number of hydrogen-bond acceptors (Lipinski definition) is 5. The number of rotatable bonds is 4. The Hall–Kier alpha value is -2.63. The van der Waals surface area contributed by atoms with E-state index in [1.165, 1.54) is 0 Å². The average molecular weight is 312 g/mol. The molecule has 0 atom stereocenters. The van der Waals surface area contributed by atoms with Crippen LogP contribution >= 0.6 is 0 Å². The van der Waals surface area contributed by atoms with Gasteiger partial charge in [-0.15, -0.1) is 0 Å². The van der Waals surface area contributed by atoms with Crippen molar-refractivity contribution in [2.24, 2.45) is 7.05 Å². The molecule has 6 heteroatoms. The first-order valence-corrected chi connectivity index (χ1v) is 7.47. The molecule has 0 spiro atoms. The molecular formula is C17H20N4O2. The van der Waals surface area contributed by atoms with Crippen molar-refractivity contribution in [2.75, 3.05) is 14.2 Å². The molecule has 0 radical (unpaired) electrons. The van der Waals surface area contributed by atoms with E-state index >= 15 is 0 Å². The molecule has 0 fully saturated rings. The highest BCUT2D eigenvalue weighted by Crippen LogP contribution is 2.35. The molecule has 0 saturated heterocycles. The van der Waals surface area contributed by atoms with E-state index in [1.54, 1.807) is 18.9 Å². The van der Waals surface area contributed by atoms with Gasteiger partial charge in [-0.3, -0.25) is 4.68 Å². The zero-order valence-corrected chi connectivity index (χ0v) is 14.0. The highest BCUT2D eigenvalue weighted by molar-refractivity contribution is 5.86. The molecule has 3 rings (SSSR count). The third kappa shape index (κ3) is 2.72. The molecule has 0 aliphatic carbocycles. The predicted octanol–water partition coefficient (Wildman–Crippen LogP) is 3.17. The van der Waals surface area contributed by atoms with E-state index in [-0.39, 0.29) is 5.92 Å². The van der Waals surface area contributed by atoms with Crippen LogP contribution in [0.2, 0.25) is 0 Å². The second-order valence-electron chi connectivity index (χ2n) is 5.69. The van der Waals surface area contributed by atoms with Gasteiger partial charge in [0, 0.05) is 24.7 Å². The van der Waals surface area contributed by atoms with Crippen LogP contribution in [0.1, 0.15) is 25.5 Å². The number of benzene rings is 1. The highest BCUT2D eigenvalue weighted by Gasteiger charge is 2.16. The normalized spacial score (nSPS) is 11.2. The summed E-state index contributed by atoms with van der Waals surface area (Å²) in [6.07, 6.45) is 1.88. The molecule has 0 N–H and O–H groups in total. The third-order valence-corrected chi connectivity index (χ3v) is 3.72. The first-order valence-electron chi connectivity index (χ1n) is 7.47. The molecule has 23 heavy (non-hydrogen) atoms. The van der Waals surface area contributed by atoms with E-state index in [9.17, 15) is 0 Å². The van der Waals surface area contributed by atoms with Gasteiger partial charge in [-0.05, 0) is 18.1 Å². The maximum absolute atomic E-state index is 5.40. The average Bonchev–Trinajstić information content (AvgIpc) is 2.98. The molecule has 3 aromatic rings. The van der Waals surface area contributed by atoms with Gasteiger partial charge < -0.3 is 9.47 Å². The van der Waals surface area contributed by atoms with Crippen LogP contribution in [0.15, 0.2) is 24.4 Å². The van der Waals surface area contributed by atoms with Gasteiger partial charge >= 0.3 is 0 Å². The number of fused-ring (bicyclic) bond motifs is 1. The molecule has 0 amide bonds. The number of hydrogen-bond donors (Lipinski definition) is 0. The van der Waals surface area contributed by atoms with Crippen LogP contribution in [0.3, 0.4) is 0 Å². The number of aryl methyl sites for hydroxylation is 1. The Kier molecular flexibility index (Phi) is 3.90. The molecule has 1 aromatic carbocycles. The minimum absolute atomic E-state index is 0.251. The van der Waals surface area contributed by atoms with Crippen LogP contribution in [-0.2, 0) is 7.05 Å². The Bertz CT molecular complexity index is 855. The van der Waals surface area contributed by atoms with E-state index in [2.05, 4.69) is 23.9 Å². The molecule has 0 aliphatic heterocycles. The number of ether oxygens (including phenoxy) is 2. The van der Waals surface area contributed by atoms with E-state index in [0.29, 0.717) is 17.3 Å². The smallest absolute Gasteiger partial charge is 0.180 e. The minimum atomic E-state index is 0.251. The summed E-state index contributed by atoms with van der Waals surface area (Å²) < 4.78 is 12.5. The summed E-state index contributed by atoms with van der Waals surface area (Å²) in [7, 11) is 5.12. The van der Waals surface area contributed by atoms with Crippen LogP contribution in [-0.4, -0.2) is 34.0 Å². The Morgan fingerprint density at radius 1 is 1.04 bits per heavy atom. The van der Waals surface area contributed by atoms with E-state index in [0.717, 1.165) is 22.3 Å². The molecule has 0 bridgehead atoms. The van der Waals surface area contributed by atoms with Crippen molar-refractivity contribution in [1.82, 2.24) is 19.7 Å². The lowest BCUT2D eigenvalue weighted by molar-refractivity contribution is 0.355. The Balaban J connectivity index is 2.29. The standard InChI is InChI=1S/C17H20N4O2/c1-10(2)16-11-8-14(22-4)15(23-5)9-13(11)18-17(19-16)12-6-7-21(3)20-12/h6-10H,1-5H3. The van der Waals surface area contributed by atoms with Crippen LogP contribution in [0, 0.1) is 0 Å². The van der Waals surface area contributed by atoms with Gasteiger partial charge in [-0.2, -0.15) is 5.10 Å². The second kappa shape index (κ2) is 5.87. The van der Waals surface area contributed by atoms with Crippen LogP contribution in [0.25, 0.3) is 22.4 Å². The molecule has 0 aliphatic rings. The first-order chi connectivity index (χ1) is 11.0. The lowest BCUT2D eigenvalue weighted by Gasteiger charge is -2.14. The molecule has 0 unspecified atom stereocenters. The van der Waals surface area contributed by atoms with Crippen molar-refractivity contribution in [1.29, 1.82) is 0 Å². The molecule has 0 saturated carbocycles. The zero-order valence-electron chi connectivity index (χ0n) is 14.0. The van der Waals surface area contributed by atoms with Crippen molar-refractivity contribution >= 4 is 10.9 Å². The Labute approximate surface area is 135 Å². The summed E-state index contributed by atoms with van der Waals surface area (Å²) in [6.45, 7) is 4.22. The van der Waals surface area contributed by atoms with Gasteiger partial charge in [0.05, 0.1) is 25.4 Å². The van der Waals surface area contributed by atoms with Gasteiger partial charge in [0.25, 0.3) is 0 Å². The summed E-state index contributed by atoms with van der Waals surface area (Å²) in [5.74, 6) is 2.20. The summed E-state index contributed by atoms with van der Waals surface area (Å²) >= 11 is 0. The Morgan fingerprint density at radius 2 is 1.74 bits per heavy atom. The second-order valence-corrected chi connectivity index (χ2v) is 5.69. The number of aromatic nitrogens is 4. The molecule has 6 nitrogen and oxygen atoms in total. The predicted molar refractivity (Wildman–Crippen MR) is 88.9 cm³/mol. The summed E-state index contributed by atoms with van der Waals surface area (Å²) in [4.78, 5) is 9.39. The lowest BCUT2D eigenvalue weighted by Crippen LogP contribution is -2.02. The maximum Gasteiger partial charge on any atom is 0.180 e. The van der Waals surface area contributed by atoms with Crippen molar-refractivity contribution in [2.45, 2.75) is 19.8 Å². The van der Waals surface area contributed by atoms with Crippen LogP contribution in [0.4, 0.5) is 0 Å². The molecule has 120 valence electrons. The molecule has 2 heterocycles. The fraction of sp³-hybridized carbons (Fsp3) is 0.353. The van der Waals surface area contributed by atoms with Gasteiger partial charge in [-0.25, -0.2) is 9.97 Å². The number of nitrogens with zero attached hydrogens (tertiary/aromatic N) is 4. The van der Waals surface area contributed by atoms with E-state index < -0.39 is 0 Å². The summed E-state index contributed by atoms with van der Waals surface area (Å²) in [5.41, 5.74) is 2.55. The van der Waals surface area contributed by atoms with E-state index in [4.69, 9.17) is 14.5 Å². The fourth-order valence-electron chi connectivity index (χ4n) is 2.57. The van der Waals surface area contributed by atoms with Gasteiger partial charge in [0.1, 0.15) is 5.69 Å². The van der Waals surface area contributed by atoms with Crippen molar-refractivity contribution in [3.8, 4) is 23.0 Å². The summed E-state index contributed by atoms with van der Waals surface area (Å²) in [6, 6.07) is 5.73. The summed E-state index contributed by atoms with van der Waals surface area (Å²) in [5, 5.41) is 5.37. The quantitative estimate of drug-likeness (QED) is 0.740. The SMILES string of the molecule is COc1cc2nc(-c3ccn(C)n3)nc(C(C)C)c2cc1OC. The van der Waals surface area contributed by atoms with Crippen molar-refractivity contribution < 1.29 is 9.47 Å². The lowest BCUT2D eigenvalue weighted by atomic mass is 10.0. The fourth-order valence-corrected chi connectivity index (χ4v) is 2.57. The maximum atomic E-state index is 5.40. The van der Waals surface area contributed by atoms with Gasteiger partial charge in [0.2, 0.25) is 0 Å². The Morgan fingerprint density at radius 3 is 2.30 bits per heavy atom. The first kappa shape index (κ1) is 15.3. The van der Waals surface area contributed by atoms with Crippen molar-refractivity contribution in [3.05, 3.63) is 30.1 Å². The van der Waals surface area contributed by atoms with Gasteiger partial charge in [0.15, 0.2) is 17.3 Å². The largest absolute Gasteiger partial charge is 0.493 e. The van der Waals surface area contributed by atoms with Crippen LogP contribution in [0.5, 0.6) is 11.5 Å². The minimum Gasteiger partial charge on any atom is -0.493 e. The number of methoxy groups -OCH3 is 2. The van der Waals surface area contributed by atoms with E-state index in [1.807, 2.05) is 31.4 Å².